The molecule has 1 heterocycles. The lowest BCUT2D eigenvalue weighted by molar-refractivity contribution is 0.709. The predicted octanol–water partition coefficient (Wildman–Crippen LogP) is 5.87. The summed E-state index contributed by atoms with van der Waals surface area (Å²) in [5.74, 6) is 0. The maximum Gasteiger partial charge on any atom is 0.0831 e. The molecule has 0 aromatic heterocycles. The molecule has 0 spiro atoms. The fourth-order valence-corrected chi connectivity index (χ4v) is 3.67. The number of hydrazone groups is 1. The molecule has 0 aliphatic carbocycles. The monoisotopic (exact) mass is 419 g/mol. The Hall–Kier alpha value is -2.59. The first-order valence-corrected chi connectivity index (χ1v) is 9.86. The Bertz CT molecular complexity index is 932. The molecule has 3 nitrogen and oxygen atoms in total. The van der Waals surface area contributed by atoms with Crippen molar-refractivity contribution < 1.29 is 0 Å². The van der Waals surface area contributed by atoms with E-state index < -0.39 is 0 Å². The van der Waals surface area contributed by atoms with Gasteiger partial charge in [-0.3, -0.25) is 5.01 Å². The second-order valence-corrected chi connectivity index (χ2v) is 7.86. The molecule has 27 heavy (non-hydrogen) atoms. The Balaban J connectivity index is 1.71. The Morgan fingerprint density at radius 1 is 0.889 bits per heavy atom. The van der Waals surface area contributed by atoms with Crippen LogP contribution in [0.25, 0.3) is 0 Å². The van der Waals surface area contributed by atoms with Gasteiger partial charge < -0.3 is 4.90 Å². The van der Waals surface area contributed by atoms with Crippen LogP contribution in [-0.2, 0) is 0 Å². The second kappa shape index (κ2) is 7.57. The summed E-state index contributed by atoms with van der Waals surface area (Å²) in [7, 11) is 4.13. The van der Waals surface area contributed by atoms with Crippen LogP contribution in [0.2, 0.25) is 0 Å². The largest absolute Gasteiger partial charge is 0.378 e. The van der Waals surface area contributed by atoms with Gasteiger partial charge in [0.25, 0.3) is 0 Å². The number of benzene rings is 3. The molecule has 136 valence electrons. The summed E-state index contributed by atoms with van der Waals surface area (Å²) in [5.41, 5.74) is 5.90. The number of anilines is 2. The molecule has 0 saturated carbocycles. The summed E-state index contributed by atoms with van der Waals surface area (Å²) < 4.78 is 1.07. The van der Waals surface area contributed by atoms with Gasteiger partial charge in [0.05, 0.1) is 17.4 Å². The van der Waals surface area contributed by atoms with Crippen LogP contribution in [0.1, 0.15) is 23.6 Å². The van der Waals surface area contributed by atoms with Gasteiger partial charge in [-0.1, -0.05) is 58.4 Å². The molecule has 1 atom stereocenters. The highest BCUT2D eigenvalue weighted by atomic mass is 79.9. The molecule has 1 aliphatic heterocycles. The summed E-state index contributed by atoms with van der Waals surface area (Å²) in [4.78, 5) is 2.12. The summed E-state index contributed by atoms with van der Waals surface area (Å²) in [6.45, 7) is 0. The van der Waals surface area contributed by atoms with E-state index in [2.05, 4.69) is 113 Å². The average Bonchev–Trinajstić information content (AvgIpc) is 3.15. The normalized spacial score (nSPS) is 16.3. The van der Waals surface area contributed by atoms with E-state index in [-0.39, 0.29) is 6.04 Å². The summed E-state index contributed by atoms with van der Waals surface area (Å²) in [6, 6.07) is 27.8. The number of hydrogen-bond acceptors (Lipinski definition) is 3. The smallest absolute Gasteiger partial charge is 0.0831 e. The number of halogens is 1. The summed E-state index contributed by atoms with van der Waals surface area (Å²) in [6.07, 6.45) is 0.890. The van der Waals surface area contributed by atoms with Crippen molar-refractivity contribution in [2.24, 2.45) is 5.10 Å². The van der Waals surface area contributed by atoms with E-state index in [0.29, 0.717) is 0 Å². The Morgan fingerprint density at radius 2 is 1.56 bits per heavy atom. The van der Waals surface area contributed by atoms with Gasteiger partial charge in [0.1, 0.15) is 0 Å². The van der Waals surface area contributed by atoms with Gasteiger partial charge in [-0.25, -0.2) is 0 Å². The highest BCUT2D eigenvalue weighted by Gasteiger charge is 2.29. The maximum absolute atomic E-state index is 5.00. The molecule has 1 aliphatic rings. The van der Waals surface area contributed by atoms with E-state index in [0.717, 1.165) is 22.3 Å². The van der Waals surface area contributed by atoms with Gasteiger partial charge in [0.15, 0.2) is 0 Å². The summed E-state index contributed by atoms with van der Waals surface area (Å²) >= 11 is 3.53. The fraction of sp³-hybridized carbons (Fsp3) is 0.174. The van der Waals surface area contributed by atoms with Crippen molar-refractivity contribution in [3.8, 4) is 0 Å². The van der Waals surface area contributed by atoms with Crippen molar-refractivity contribution in [3.63, 3.8) is 0 Å². The number of hydrogen-bond donors (Lipinski definition) is 0. The zero-order valence-corrected chi connectivity index (χ0v) is 17.1. The quantitative estimate of drug-likeness (QED) is 0.526. The first-order valence-electron chi connectivity index (χ1n) is 9.07. The third kappa shape index (κ3) is 3.76. The maximum atomic E-state index is 5.00. The molecule has 0 N–H and O–H groups in total. The van der Waals surface area contributed by atoms with Gasteiger partial charge >= 0.3 is 0 Å². The third-order valence-electron chi connectivity index (χ3n) is 4.90. The molecule has 0 saturated heterocycles. The molecule has 0 unspecified atom stereocenters. The van der Waals surface area contributed by atoms with Gasteiger partial charge in [-0.15, -0.1) is 0 Å². The Labute approximate surface area is 169 Å². The zero-order valence-electron chi connectivity index (χ0n) is 15.5. The molecule has 0 amide bonds. The molecule has 4 heteroatoms. The molecular weight excluding hydrogens is 398 g/mol. The molecule has 4 rings (SSSR count). The van der Waals surface area contributed by atoms with Crippen molar-refractivity contribution in [2.75, 3.05) is 24.0 Å². The lowest BCUT2D eigenvalue weighted by atomic mass is 9.98. The first kappa shape index (κ1) is 17.8. The minimum atomic E-state index is 0.192. The van der Waals surface area contributed by atoms with E-state index in [9.17, 15) is 0 Å². The zero-order chi connectivity index (χ0) is 18.8. The van der Waals surface area contributed by atoms with Crippen LogP contribution in [0.5, 0.6) is 0 Å². The van der Waals surface area contributed by atoms with Crippen molar-refractivity contribution in [2.45, 2.75) is 12.5 Å². The van der Waals surface area contributed by atoms with Crippen LogP contribution >= 0.6 is 15.9 Å². The molecule has 3 aromatic carbocycles. The Morgan fingerprint density at radius 3 is 2.19 bits per heavy atom. The fourth-order valence-electron chi connectivity index (χ4n) is 3.40. The highest BCUT2D eigenvalue weighted by molar-refractivity contribution is 9.10. The molecule has 0 radical (unpaired) electrons. The van der Waals surface area contributed by atoms with Gasteiger partial charge in [-0.2, -0.15) is 5.10 Å². The van der Waals surface area contributed by atoms with Crippen LogP contribution in [0, 0.1) is 0 Å². The van der Waals surface area contributed by atoms with E-state index in [1.54, 1.807) is 0 Å². The average molecular weight is 420 g/mol. The van der Waals surface area contributed by atoms with Crippen LogP contribution in [0.15, 0.2) is 88.4 Å². The van der Waals surface area contributed by atoms with E-state index in [4.69, 9.17) is 5.10 Å². The van der Waals surface area contributed by atoms with Crippen molar-refractivity contribution in [1.29, 1.82) is 0 Å². The van der Waals surface area contributed by atoms with E-state index in [1.165, 1.54) is 16.8 Å². The van der Waals surface area contributed by atoms with Crippen molar-refractivity contribution in [1.82, 2.24) is 0 Å². The van der Waals surface area contributed by atoms with Gasteiger partial charge in [0, 0.05) is 30.7 Å². The number of rotatable bonds is 4. The van der Waals surface area contributed by atoms with Gasteiger partial charge in [0.2, 0.25) is 0 Å². The molecular formula is C23H22BrN3. The highest BCUT2D eigenvalue weighted by Crippen LogP contribution is 2.37. The van der Waals surface area contributed by atoms with E-state index in [1.807, 2.05) is 6.07 Å². The van der Waals surface area contributed by atoms with Crippen molar-refractivity contribution in [3.05, 3.63) is 94.5 Å². The van der Waals surface area contributed by atoms with Crippen LogP contribution in [-0.4, -0.2) is 19.8 Å². The third-order valence-corrected chi connectivity index (χ3v) is 5.43. The number of nitrogens with zero attached hydrogens (tertiary/aromatic N) is 3. The van der Waals surface area contributed by atoms with Crippen molar-refractivity contribution >= 4 is 33.0 Å². The van der Waals surface area contributed by atoms with Crippen LogP contribution < -0.4 is 9.91 Å². The lowest BCUT2D eigenvalue weighted by Crippen LogP contribution is -2.18. The minimum absolute atomic E-state index is 0.192. The minimum Gasteiger partial charge on any atom is -0.378 e. The SMILES string of the molecule is CN(C)c1ccc([C@H]2CC(c3ccccc3)=NN2c2ccc(Br)cc2)cc1. The molecule has 3 aromatic rings. The predicted molar refractivity (Wildman–Crippen MR) is 118 cm³/mol. The topological polar surface area (TPSA) is 18.8 Å². The first-order chi connectivity index (χ1) is 13.1. The van der Waals surface area contributed by atoms with Crippen LogP contribution in [0.4, 0.5) is 11.4 Å². The Kier molecular flexibility index (Phi) is 4.99. The van der Waals surface area contributed by atoms with E-state index >= 15 is 0 Å². The molecule has 0 bridgehead atoms. The second-order valence-electron chi connectivity index (χ2n) is 6.94. The summed E-state index contributed by atoms with van der Waals surface area (Å²) in [5, 5.41) is 7.15. The van der Waals surface area contributed by atoms with Gasteiger partial charge in [-0.05, 0) is 47.5 Å². The standard InChI is InChI=1S/C23H22BrN3/c1-26(2)20-12-8-18(9-13-20)23-16-22(17-6-4-3-5-7-17)25-27(23)21-14-10-19(24)11-15-21/h3-15,23H,16H2,1-2H3/t23-/m1/s1. The van der Waals surface area contributed by atoms with Crippen LogP contribution in [0.3, 0.4) is 0 Å². The lowest BCUT2D eigenvalue weighted by Gasteiger charge is -2.24. The molecule has 0 fully saturated rings.